The minimum atomic E-state index is 0.0166. The molecule has 0 saturated carbocycles. The van der Waals surface area contributed by atoms with Crippen molar-refractivity contribution in [1.29, 1.82) is 0 Å². The van der Waals surface area contributed by atoms with Gasteiger partial charge in [-0.2, -0.15) is 0 Å². The zero-order valence-electron chi connectivity index (χ0n) is 11.5. The van der Waals surface area contributed by atoms with Crippen LogP contribution in [0.15, 0.2) is 0 Å². The zero-order valence-corrected chi connectivity index (χ0v) is 11.5. The van der Waals surface area contributed by atoms with E-state index in [0.29, 0.717) is 26.1 Å². The van der Waals surface area contributed by atoms with Crippen LogP contribution < -0.4 is 5.32 Å². The lowest BCUT2D eigenvalue weighted by Gasteiger charge is -2.22. The predicted molar refractivity (Wildman–Crippen MR) is 68.7 cm³/mol. The molecule has 0 spiro atoms. The van der Waals surface area contributed by atoms with Crippen LogP contribution >= 0.6 is 0 Å². The highest BCUT2D eigenvalue weighted by Gasteiger charge is 2.10. The van der Waals surface area contributed by atoms with Gasteiger partial charge < -0.3 is 15.1 Å². The molecule has 5 nitrogen and oxygen atoms in total. The molecule has 0 atom stereocenters. The molecule has 0 unspecified atom stereocenters. The van der Waals surface area contributed by atoms with Crippen LogP contribution in [0.3, 0.4) is 0 Å². The quantitative estimate of drug-likeness (QED) is 0.667. The van der Waals surface area contributed by atoms with E-state index in [1.807, 2.05) is 25.9 Å². The molecular formula is C12H25N3O2. The highest BCUT2D eigenvalue weighted by atomic mass is 16.2. The smallest absolute Gasteiger partial charge is 0.221 e. The van der Waals surface area contributed by atoms with Crippen molar-refractivity contribution >= 4 is 11.8 Å². The maximum absolute atomic E-state index is 11.4. The predicted octanol–water partition coefficient (Wildman–Crippen LogP) is 0.313. The first-order valence-electron chi connectivity index (χ1n) is 6.14. The fourth-order valence-electron chi connectivity index (χ4n) is 1.34. The second-order valence-electron chi connectivity index (χ2n) is 4.41. The molecule has 0 aliphatic heterocycles. The van der Waals surface area contributed by atoms with Gasteiger partial charge in [-0.05, 0) is 20.5 Å². The van der Waals surface area contributed by atoms with Gasteiger partial charge in [0.15, 0.2) is 0 Å². The van der Waals surface area contributed by atoms with Gasteiger partial charge >= 0.3 is 0 Å². The van der Waals surface area contributed by atoms with E-state index in [-0.39, 0.29) is 11.8 Å². The standard InChI is InChI=1S/C12H25N3O2/c1-5-7-13-12(17)6-8-15(11(2)16)10-9-14(3)4/h5-10H2,1-4H3,(H,13,17). The van der Waals surface area contributed by atoms with Gasteiger partial charge in [0, 0.05) is 39.5 Å². The summed E-state index contributed by atoms with van der Waals surface area (Å²) in [5, 5.41) is 2.80. The number of likely N-dealkylation sites (N-methyl/N-ethyl adjacent to an activating group) is 1. The Labute approximate surface area is 104 Å². The van der Waals surface area contributed by atoms with Crippen molar-refractivity contribution < 1.29 is 9.59 Å². The fraction of sp³-hybridized carbons (Fsp3) is 0.833. The van der Waals surface area contributed by atoms with Gasteiger partial charge in [-0.15, -0.1) is 0 Å². The molecule has 0 aromatic carbocycles. The van der Waals surface area contributed by atoms with Crippen molar-refractivity contribution in [2.24, 2.45) is 0 Å². The number of carbonyl (C=O) groups is 2. The van der Waals surface area contributed by atoms with Crippen LogP contribution in [0.5, 0.6) is 0 Å². The lowest BCUT2D eigenvalue weighted by molar-refractivity contribution is -0.129. The highest BCUT2D eigenvalue weighted by Crippen LogP contribution is 1.94. The summed E-state index contributed by atoms with van der Waals surface area (Å²) < 4.78 is 0. The number of hydrogen-bond acceptors (Lipinski definition) is 3. The topological polar surface area (TPSA) is 52.7 Å². The molecule has 0 heterocycles. The second kappa shape index (κ2) is 8.98. The van der Waals surface area contributed by atoms with Crippen LogP contribution in [0.1, 0.15) is 26.7 Å². The average molecular weight is 243 g/mol. The lowest BCUT2D eigenvalue weighted by Crippen LogP contribution is -2.38. The summed E-state index contributed by atoms with van der Waals surface area (Å²) in [5.74, 6) is 0.0399. The van der Waals surface area contributed by atoms with Crippen LogP contribution in [0.4, 0.5) is 0 Å². The lowest BCUT2D eigenvalue weighted by atomic mass is 10.3. The molecule has 1 N–H and O–H groups in total. The normalized spacial score (nSPS) is 10.4. The molecule has 0 aromatic heterocycles. The molecule has 0 aliphatic rings. The summed E-state index contributed by atoms with van der Waals surface area (Å²) in [6, 6.07) is 0. The van der Waals surface area contributed by atoms with Crippen molar-refractivity contribution in [2.45, 2.75) is 26.7 Å². The van der Waals surface area contributed by atoms with Crippen molar-refractivity contribution in [1.82, 2.24) is 15.1 Å². The summed E-state index contributed by atoms with van der Waals surface area (Å²) >= 11 is 0. The molecule has 0 saturated heterocycles. The van der Waals surface area contributed by atoms with Crippen molar-refractivity contribution in [3.05, 3.63) is 0 Å². The van der Waals surface area contributed by atoms with Gasteiger partial charge in [-0.1, -0.05) is 6.92 Å². The van der Waals surface area contributed by atoms with E-state index >= 15 is 0 Å². The van der Waals surface area contributed by atoms with Gasteiger partial charge in [-0.3, -0.25) is 9.59 Å². The molecule has 0 rings (SSSR count). The second-order valence-corrected chi connectivity index (χ2v) is 4.41. The van der Waals surface area contributed by atoms with E-state index in [4.69, 9.17) is 0 Å². The Bertz CT molecular complexity index is 242. The molecule has 0 aliphatic carbocycles. The Morgan fingerprint density at radius 1 is 1.12 bits per heavy atom. The van der Waals surface area contributed by atoms with E-state index in [1.54, 1.807) is 11.8 Å². The Morgan fingerprint density at radius 2 is 1.76 bits per heavy atom. The number of rotatable bonds is 8. The average Bonchev–Trinajstić information content (AvgIpc) is 2.25. The molecule has 0 aromatic rings. The summed E-state index contributed by atoms with van der Waals surface area (Å²) in [5.41, 5.74) is 0. The highest BCUT2D eigenvalue weighted by molar-refractivity contribution is 5.77. The van der Waals surface area contributed by atoms with E-state index in [1.165, 1.54) is 0 Å². The summed E-state index contributed by atoms with van der Waals surface area (Å²) in [7, 11) is 3.93. The van der Waals surface area contributed by atoms with Crippen LogP contribution in [0.25, 0.3) is 0 Å². The van der Waals surface area contributed by atoms with Crippen LogP contribution in [0.2, 0.25) is 0 Å². The molecule has 5 heteroatoms. The monoisotopic (exact) mass is 243 g/mol. The van der Waals surface area contributed by atoms with Gasteiger partial charge in [-0.25, -0.2) is 0 Å². The molecule has 17 heavy (non-hydrogen) atoms. The van der Waals surface area contributed by atoms with Gasteiger partial charge in [0.1, 0.15) is 0 Å². The Balaban J connectivity index is 3.92. The molecule has 0 fully saturated rings. The maximum Gasteiger partial charge on any atom is 0.221 e. The molecular weight excluding hydrogens is 218 g/mol. The molecule has 0 radical (unpaired) electrons. The first kappa shape index (κ1) is 15.9. The Hall–Kier alpha value is -1.10. The first-order chi connectivity index (χ1) is 7.97. The van der Waals surface area contributed by atoms with Crippen molar-refractivity contribution in [3.8, 4) is 0 Å². The van der Waals surface area contributed by atoms with Gasteiger partial charge in [0.2, 0.25) is 11.8 Å². The Morgan fingerprint density at radius 3 is 2.24 bits per heavy atom. The third-order valence-corrected chi connectivity index (χ3v) is 2.44. The Kier molecular flexibility index (Phi) is 8.40. The minimum absolute atomic E-state index is 0.0166. The van der Waals surface area contributed by atoms with Crippen LogP contribution in [-0.2, 0) is 9.59 Å². The maximum atomic E-state index is 11.4. The summed E-state index contributed by atoms with van der Waals surface area (Å²) in [4.78, 5) is 26.5. The van der Waals surface area contributed by atoms with Crippen LogP contribution in [0, 0.1) is 0 Å². The number of nitrogens with one attached hydrogen (secondary N) is 1. The SMILES string of the molecule is CCCNC(=O)CCN(CCN(C)C)C(C)=O. The fourth-order valence-corrected chi connectivity index (χ4v) is 1.34. The van der Waals surface area contributed by atoms with Crippen molar-refractivity contribution in [3.63, 3.8) is 0 Å². The third-order valence-electron chi connectivity index (χ3n) is 2.44. The van der Waals surface area contributed by atoms with Crippen LogP contribution in [-0.4, -0.2) is 61.9 Å². The van der Waals surface area contributed by atoms with Crippen molar-refractivity contribution in [2.75, 3.05) is 40.3 Å². The molecule has 100 valence electrons. The number of amides is 2. The molecule has 2 amide bonds. The summed E-state index contributed by atoms with van der Waals surface area (Å²) in [6.45, 7) is 6.24. The molecule has 0 bridgehead atoms. The number of carbonyl (C=O) groups excluding carboxylic acids is 2. The minimum Gasteiger partial charge on any atom is -0.356 e. The summed E-state index contributed by atoms with van der Waals surface area (Å²) in [6.07, 6.45) is 1.32. The zero-order chi connectivity index (χ0) is 13.3. The largest absolute Gasteiger partial charge is 0.356 e. The van der Waals surface area contributed by atoms with Gasteiger partial charge in [0.25, 0.3) is 0 Å². The number of hydrogen-bond donors (Lipinski definition) is 1. The van der Waals surface area contributed by atoms with E-state index in [0.717, 1.165) is 13.0 Å². The van der Waals surface area contributed by atoms with Gasteiger partial charge in [0.05, 0.1) is 0 Å². The third kappa shape index (κ3) is 8.68. The van der Waals surface area contributed by atoms with E-state index in [2.05, 4.69) is 5.32 Å². The number of nitrogens with zero attached hydrogens (tertiary/aromatic N) is 2. The van der Waals surface area contributed by atoms with E-state index < -0.39 is 0 Å². The van der Waals surface area contributed by atoms with E-state index in [9.17, 15) is 9.59 Å². The first-order valence-corrected chi connectivity index (χ1v) is 6.14.